The van der Waals surface area contributed by atoms with E-state index in [1.54, 1.807) is 11.3 Å². The molecule has 2 heterocycles. The molecule has 3 nitrogen and oxygen atoms in total. The van der Waals surface area contributed by atoms with Crippen LogP contribution in [0.4, 0.5) is 5.13 Å². The van der Waals surface area contributed by atoms with Crippen LogP contribution in [0.15, 0.2) is 35.7 Å². The number of nitrogens with two attached hydrogens (primary N) is 1. The van der Waals surface area contributed by atoms with Crippen molar-refractivity contribution in [1.29, 1.82) is 0 Å². The minimum Gasteiger partial charge on any atom is -0.375 e. The first kappa shape index (κ1) is 12.3. The molecule has 0 unspecified atom stereocenters. The van der Waals surface area contributed by atoms with E-state index in [-0.39, 0.29) is 0 Å². The Balaban J connectivity index is 2.09. The van der Waals surface area contributed by atoms with Gasteiger partial charge in [0.15, 0.2) is 5.13 Å². The number of aryl methyl sites for hydroxylation is 1. The van der Waals surface area contributed by atoms with Crippen molar-refractivity contribution >= 4 is 27.8 Å². The topological polar surface area (TPSA) is 51.8 Å². The molecule has 1 aromatic carbocycles. The van der Waals surface area contributed by atoms with Crippen molar-refractivity contribution in [3.8, 4) is 21.1 Å². The van der Waals surface area contributed by atoms with Crippen LogP contribution < -0.4 is 5.73 Å². The largest absolute Gasteiger partial charge is 0.375 e. The molecule has 3 rings (SSSR count). The number of anilines is 1. The summed E-state index contributed by atoms with van der Waals surface area (Å²) < 4.78 is 0. The molecule has 0 amide bonds. The highest BCUT2D eigenvalue weighted by atomic mass is 32.1. The molecule has 3 aromatic rings. The Hall–Kier alpha value is -1.72. The van der Waals surface area contributed by atoms with E-state index in [1.165, 1.54) is 11.3 Å². The Labute approximate surface area is 119 Å². The van der Waals surface area contributed by atoms with Gasteiger partial charge in [0.05, 0.1) is 16.3 Å². The van der Waals surface area contributed by atoms with Crippen LogP contribution >= 0.6 is 22.7 Å². The highest BCUT2D eigenvalue weighted by Gasteiger charge is 2.15. The third kappa shape index (κ3) is 2.39. The first-order chi connectivity index (χ1) is 9.28. The van der Waals surface area contributed by atoms with Gasteiger partial charge in [0.1, 0.15) is 5.01 Å². The Morgan fingerprint density at radius 1 is 1.16 bits per heavy atom. The van der Waals surface area contributed by atoms with Crippen molar-refractivity contribution in [2.45, 2.75) is 13.3 Å². The minimum absolute atomic E-state index is 0.603. The van der Waals surface area contributed by atoms with Gasteiger partial charge in [0.25, 0.3) is 0 Å². The van der Waals surface area contributed by atoms with Gasteiger partial charge in [-0.15, -0.1) is 22.7 Å². The first-order valence-electron chi connectivity index (χ1n) is 6.04. The Morgan fingerprint density at radius 3 is 2.58 bits per heavy atom. The van der Waals surface area contributed by atoms with Crippen LogP contribution in [0.25, 0.3) is 21.1 Å². The fourth-order valence-corrected chi connectivity index (χ4v) is 3.64. The zero-order chi connectivity index (χ0) is 13.2. The molecule has 0 aliphatic carbocycles. The van der Waals surface area contributed by atoms with Crippen molar-refractivity contribution in [3.05, 3.63) is 41.4 Å². The lowest BCUT2D eigenvalue weighted by Gasteiger charge is -1.93. The monoisotopic (exact) mass is 287 g/mol. The zero-order valence-electron chi connectivity index (χ0n) is 10.5. The van der Waals surface area contributed by atoms with Crippen LogP contribution in [0.2, 0.25) is 0 Å². The second-order valence-electron chi connectivity index (χ2n) is 4.09. The summed E-state index contributed by atoms with van der Waals surface area (Å²) >= 11 is 3.15. The molecule has 19 heavy (non-hydrogen) atoms. The summed E-state index contributed by atoms with van der Waals surface area (Å²) in [5, 5.41) is 3.64. The summed E-state index contributed by atoms with van der Waals surface area (Å²) in [6.45, 7) is 2.11. The summed E-state index contributed by atoms with van der Waals surface area (Å²) in [4.78, 5) is 10.2. The predicted octanol–water partition coefficient (Wildman–Crippen LogP) is 4.08. The van der Waals surface area contributed by atoms with Gasteiger partial charge in [-0.1, -0.05) is 37.3 Å². The van der Waals surface area contributed by atoms with Crippen molar-refractivity contribution in [1.82, 2.24) is 9.97 Å². The average molecular weight is 287 g/mol. The number of thiazole rings is 2. The summed E-state index contributed by atoms with van der Waals surface area (Å²) in [6.07, 6.45) is 0.899. The van der Waals surface area contributed by atoms with Gasteiger partial charge >= 0.3 is 0 Å². The normalized spacial score (nSPS) is 10.8. The van der Waals surface area contributed by atoms with Crippen LogP contribution in [0.1, 0.15) is 12.6 Å². The van der Waals surface area contributed by atoms with Crippen LogP contribution in [-0.2, 0) is 6.42 Å². The lowest BCUT2D eigenvalue weighted by Crippen LogP contribution is -1.86. The molecule has 0 aliphatic rings. The quantitative estimate of drug-likeness (QED) is 0.789. The predicted molar refractivity (Wildman–Crippen MR) is 82.4 cm³/mol. The third-order valence-electron chi connectivity index (χ3n) is 2.81. The van der Waals surface area contributed by atoms with Gasteiger partial charge < -0.3 is 5.73 Å². The number of rotatable bonds is 3. The number of aromatic nitrogens is 2. The van der Waals surface area contributed by atoms with Gasteiger partial charge in [-0.25, -0.2) is 9.97 Å². The molecule has 0 atom stereocenters. The SMILES string of the molecule is CCc1nc(-c2ccccc2)sc1-c1csc(N)n1. The second-order valence-corrected chi connectivity index (χ2v) is 5.97. The lowest BCUT2D eigenvalue weighted by molar-refractivity contribution is 1.07. The highest BCUT2D eigenvalue weighted by Crippen LogP contribution is 2.36. The highest BCUT2D eigenvalue weighted by molar-refractivity contribution is 7.19. The standard InChI is InChI=1S/C14H13N3S2/c1-2-10-12(11-8-18-14(15)17-11)19-13(16-10)9-6-4-3-5-7-9/h3-8H,2H2,1H3,(H2,15,17). The van der Waals surface area contributed by atoms with Crippen LogP contribution in [-0.4, -0.2) is 9.97 Å². The summed E-state index contributed by atoms with van der Waals surface area (Å²) in [5.41, 5.74) is 8.90. The van der Waals surface area contributed by atoms with E-state index in [9.17, 15) is 0 Å². The molecular weight excluding hydrogens is 274 g/mol. The fourth-order valence-electron chi connectivity index (χ4n) is 1.89. The summed E-state index contributed by atoms with van der Waals surface area (Å²) in [7, 11) is 0. The van der Waals surface area contributed by atoms with Gasteiger partial charge in [0, 0.05) is 10.9 Å². The number of hydrogen-bond donors (Lipinski definition) is 1. The van der Waals surface area contributed by atoms with E-state index in [2.05, 4.69) is 24.0 Å². The third-order valence-corrected chi connectivity index (χ3v) is 4.65. The van der Waals surface area contributed by atoms with E-state index in [0.29, 0.717) is 5.13 Å². The molecule has 0 radical (unpaired) electrons. The van der Waals surface area contributed by atoms with E-state index >= 15 is 0 Å². The minimum atomic E-state index is 0.603. The summed E-state index contributed by atoms with van der Waals surface area (Å²) in [5.74, 6) is 0. The van der Waals surface area contributed by atoms with Crippen LogP contribution in [0.3, 0.4) is 0 Å². The molecular formula is C14H13N3S2. The van der Waals surface area contributed by atoms with E-state index in [1.807, 2.05) is 23.6 Å². The maximum Gasteiger partial charge on any atom is 0.180 e. The summed E-state index contributed by atoms with van der Waals surface area (Å²) in [6, 6.07) is 10.2. The second kappa shape index (κ2) is 5.11. The first-order valence-corrected chi connectivity index (χ1v) is 7.74. The zero-order valence-corrected chi connectivity index (χ0v) is 12.1. The van der Waals surface area contributed by atoms with Crippen molar-refractivity contribution in [2.75, 3.05) is 5.73 Å². The molecule has 0 saturated carbocycles. The van der Waals surface area contributed by atoms with Gasteiger partial charge in [-0.05, 0) is 6.42 Å². The van der Waals surface area contributed by atoms with Gasteiger partial charge in [-0.2, -0.15) is 0 Å². The number of hydrogen-bond acceptors (Lipinski definition) is 5. The molecule has 0 bridgehead atoms. The van der Waals surface area contributed by atoms with Gasteiger partial charge in [-0.3, -0.25) is 0 Å². The van der Waals surface area contributed by atoms with E-state index < -0.39 is 0 Å². The number of benzene rings is 1. The van der Waals surface area contributed by atoms with Crippen LogP contribution in [0.5, 0.6) is 0 Å². The Kier molecular flexibility index (Phi) is 3.31. The number of nitrogens with zero attached hydrogens (tertiary/aromatic N) is 2. The fraction of sp³-hybridized carbons (Fsp3) is 0.143. The van der Waals surface area contributed by atoms with Crippen molar-refractivity contribution < 1.29 is 0 Å². The Bertz CT molecular complexity index is 686. The molecule has 0 saturated heterocycles. The number of nitrogen functional groups attached to an aromatic ring is 1. The molecule has 0 spiro atoms. The lowest BCUT2D eigenvalue weighted by atomic mass is 10.2. The van der Waals surface area contributed by atoms with Gasteiger partial charge in [0.2, 0.25) is 0 Å². The maximum atomic E-state index is 5.72. The van der Waals surface area contributed by atoms with Crippen LogP contribution in [0, 0.1) is 0 Å². The molecule has 5 heteroatoms. The molecule has 0 aliphatic heterocycles. The Morgan fingerprint density at radius 2 is 1.95 bits per heavy atom. The molecule has 2 N–H and O–H groups in total. The smallest absolute Gasteiger partial charge is 0.180 e. The van der Waals surface area contributed by atoms with E-state index in [4.69, 9.17) is 10.7 Å². The van der Waals surface area contributed by atoms with E-state index in [0.717, 1.165) is 33.3 Å². The van der Waals surface area contributed by atoms with Crippen molar-refractivity contribution in [3.63, 3.8) is 0 Å². The molecule has 96 valence electrons. The average Bonchev–Trinajstić information content (AvgIpc) is 3.05. The van der Waals surface area contributed by atoms with Crippen molar-refractivity contribution in [2.24, 2.45) is 0 Å². The maximum absolute atomic E-state index is 5.72. The molecule has 0 fully saturated rings. The molecule has 2 aromatic heterocycles.